The topological polar surface area (TPSA) is 46.3 Å². The Morgan fingerprint density at radius 1 is 1.45 bits per heavy atom. The molecule has 0 spiro atoms. The maximum atomic E-state index is 10.9. The minimum Gasteiger partial charge on any atom is -0.368 e. The molecule has 3 fully saturated rings. The van der Waals surface area contributed by atoms with Crippen molar-refractivity contribution in [1.29, 1.82) is 0 Å². The summed E-state index contributed by atoms with van der Waals surface area (Å²) in [4.78, 5) is 13.1. The summed E-state index contributed by atoms with van der Waals surface area (Å²) in [6.07, 6.45) is 3.70. The monoisotopic (exact) mass is 154 g/mol. The average molecular weight is 154 g/mol. The lowest BCUT2D eigenvalue weighted by molar-refractivity contribution is -0.131. The first-order chi connectivity index (χ1) is 5.29. The first kappa shape index (κ1) is 7.10. The van der Waals surface area contributed by atoms with Crippen LogP contribution in [-0.2, 0) is 4.79 Å². The molecule has 3 aliphatic heterocycles. The lowest BCUT2D eigenvalue weighted by Gasteiger charge is -2.44. The van der Waals surface area contributed by atoms with Crippen LogP contribution in [0.3, 0.4) is 0 Å². The van der Waals surface area contributed by atoms with E-state index in [1.807, 2.05) is 0 Å². The predicted molar refractivity (Wildman–Crippen MR) is 41.9 cm³/mol. The highest BCUT2D eigenvalue weighted by atomic mass is 16.1. The summed E-state index contributed by atoms with van der Waals surface area (Å²) in [5, 5.41) is 0. The normalized spacial score (nSPS) is 42.4. The second kappa shape index (κ2) is 2.48. The Morgan fingerprint density at radius 2 is 2.27 bits per heavy atom. The third kappa shape index (κ3) is 1.03. The highest BCUT2D eigenvalue weighted by Gasteiger charge is 2.43. The molecule has 1 amide bonds. The summed E-state index contributed by atoms with van der Waals surface area (Å²) in [6.45, 7) is 2.18. The number of amides is 1. The molecular formula is C8H14N2O. The molecule has 11 heavy (non-hydrogen) atoms. The quantitative estimate of drug-likeness (QED) is 0.576. The molecule has 0 aromatic carbocycles. The smallest absolute Gasteiger partial charge is 0.235 e. The van der Waals surface area contributed by atoms with E-state index in [0.717, 1.165) is 13.1 Å². The number of carbonyl (C=O) groups excluding carboxylic acids is 1. The molecule has 0 aromatic rings. The largest absolute Gasteiger partial charge is 0.368 e. The Balaban J connectivity index is 2.06. The van der Waals surface area contributed by atoms with Crippen LogP contribution in [0.15, 0.2) is 0 Å². The Bertz CT molecular complexity index is 165. The van der Waals surface area contributed by atoms with Gasteiger partial charge in [-0.15, -0.1) is 0 Å². The van der Waals surface area contributed by atoms with Gasteiger partial charge in [0.2, 0.25) is 5.91 Å². The number of nitrogens with two attached hydrogens (primary N) is 1. The molecule has 3 saturated heterocycles. The van der Waals surface area contributed by atoms with Crippen molar-refractivity contribution in [3.05, 3.63) is 0 Å². The summed E-state index contributed by atoms with van der Waals surface area (Å²) >= 11 is 0. The molecule has 0 aliphatic carbocycles. The molecule has 2 bridgehead atoms. The highest BCUT2D eigenvalue weighted by molar-refractivity contribution is 5.81. The van der Waals surface area contributed by atoms with Gasteiger partial charge in [0.05, 0.1) is 6.04 Å². The van der Waals surface area contributed by atoms with Crippen molar-refractivity contribution in [1.82, 2.24) is 4.90 Å². The molecule has 3 nitrogen and oxygen atoms in total. The molecule has 2 N–H and O–H groups in total. The number of nitrogens with zero attached hydrogens (tertiary/aromatic N) is 1. The van der Waals surface area contributed by atoms with Gasteiger partial charge in [0.25, 0.3) is 0 Å². The van der Waals surface area contributed by atoms with Gasteiger partial charge in [-0.2, -0.15) is 0 Å². The maximum absolute atomic E-state index is 10.9. The third-order valence-electron chi connectivity index (χ3n) is 2.87. The minimum atomic E-state index is -0.122. The highest BCUT2D eigenvalue weighted by Crippen LogP contribution is 2.32. The van der Waals surface area contributed by atoms with E-state index in [0.29, 0.717) is 5.92 Å². The zero-order valence-electron chi connectivity index (χ0n) is 6.62. The van der Waals surface area contributed by atoms with Gasteiger partial charge in [0.15, 0.2) is 0 Å². The molecule has 3 heteroatoms. The Kier molecular flexibility index (Phi) is 1.60. The van der Waals surface area contributed by atoms with Crippen molar-refractivity contribution in [3.8, 4) is 0 Å². The van der Waals surface area contributed by atoms with Crippen LogP contribution in [-0.4, -0.2) is 29.9 Å². The molecule has 3 rings (SSSR count). The van der Waals surface area contributed by atoms with Crippen molar-refractivity contribution in [2.45, 2.75) is 25.3 Å². The predicted octanol–water partition coefficient (Wildman–Crippen LogP) is -0.0440. The van der Waals surface area contributed by atoms with E-state index >= 15 is 0 Å². The first-order valence-corrected chi connectivity index (χ1v) is 4.32. The van der Waals surface area contributed by atoms with E-state index in [9.17, 15) is 4.79 Å². The van der Waals surface area contributed by atoms with E-state index in [4.69, 9.17) is 5.73 Å². The second-order valence-electron chi connectivity index (χ2n) is 3.60. The summed E-state index contributed by atoms with van der Waals surface area (Å²) in [6, 6.07) is 0.0810. The van der Waals surface area contributed by atoms with E-state index < -0.39 is 0 Å². The summed E-state index contributed by atoms with van der Waals surface area (Å²) in [7, 11) is 0. The van der Waals surface area contributed by atoms with Crippen LogP contribution in [0.25, 0.3) is 0 Å². The lowest BCUT2D eigenvalue weighted by Crippen LogP contribution is -2.60. The van der Waals surface area contributed by atoms with Crippen molar-refractivity contribution >= 4 is 5.91 Å². The van der Waals surface area contributed by atoms with Crippen LogP contribution < -0.4 is 5.73 Å². The molecule has 3 atom stereocenters. The van der Waals surface area contributed by atoms with Gasteiger partial charge in [-0.05, 0) is 25.3 Å². The summed E-state index contributed by atoms with van der Waals surface area (Å²) in [5.41, 5.74) is 5.28. The van der Waals surface area contributed by atoms with Crippen LogP contribution in [0, 0.1) is 5.92 Å². The van der Waals surface area contributed by atoms with E-state index in [2.05, 4.69) is 4.90 Å². The van der Waals surface area contributed by atoms with E-state index in [1.54, 1.807) is 0 Å². The molecular weight excluding hydrogens is 140 g/mol. The Hall–Kier alpha value is -0.570. The Labute approximate surface area is 66.5 Å². The van der Waals surface area contributed by atoms with E-state index in [1.165, 1.54) is 19.3 Å². The summed E-state index contributed by atoms with van der Waals surface area (Å²) < 4.78 is 0. The van der Waals surface area contributed by atoms with Gasteiger partial charge < -0.3 is 5.73 Å². The zero-order chi connectivity index (χ0) is 7.84. The van der Waals surface area contributed by atoms with Crippen LogP contribution in [0.4, 0.5) is 0 Å². The second-order valence-corrected chi connectivity index (χ2v) is 3.60. The van der Waals surface area contributed by atoms with Crippen LogP contribution in [0.1, 0.15) is 19.3 Å². The molecule has 0 radical (unpaired) electrons. The molecule has 0 aromatic heterocycles. The van der Waals surface area contributed by atoms with Crippen LogP contribution in [0.5, 0.6) is 0 Å². The Morgan fingerprint density at radius 3 is 3.00 bits per heavy atom. The fourth-order valence-corrected chi connectivity index (χ4v) is 2.29. The average Bonchev–Trinajstić information content (AvgIpc) is 2.15. The molecule has 3 unspecified atom stereocenters. The number of primary amides is 1. The first-order valence-electron chi connectivity index (χ1n) is 4.32. The van der Waals surface area contributed by atoms with Gasteiger partial charge in [0.1, 0.15) is 0 Å². The fraction of sp³-hybridized carbons (Fsp3) is 0.875. The maximum Gasteiger partial charge on any atom is 0.235 e. The number of hydrogen-bond donors (Lipinski definition) is 1. The van der Waals surface area contributed by atoms with Gasteiger partial charge in [-0.3, -0.25) is 9.69 Å². The van der Waals surface area contributed by atoms with E-state index in [-0.39, 0.29) is 11.9 Å². The number of rotatable bonds is 1. The van der Waals surface area contributed by atoms with Gasteiger partial charge in [-0.1, -0.05) is 6.42 Å². The summed E-state index contributed by atoms with van der Waals surface area (Å²) in [5.74, 6) is 0.457. The molecule has 3 aliphatic rings. The number of hydrogen-bond acceptors (Lipinski definition) is 2. The standard InChI is InChI=1S/C8H14N2O/c9-8(11)7-6-3-1-2-4-10(7)5-6/h6-7H,1-5H2,(H2,9,11). The van der Waals surface area contributed by atoms with Gasteiger partial charge in [-0.25, -0.2) is 0 Å². The third-order valence-corrected chi connectivity index (χ3v) is 2.87. The molecule has 0 saturated carbocycles. The SMILES string of the molecule is NC(=O)C1C2CCCCN1C2. The van der Waals surface area contributed by atoms with Gasteiger partial charge in [0, 0.05) is 6.54 Å². The fourth-order valence-electron chi connectivity index (χ4n) is 2.29. The van der Waals surface area contributed by atoms with Crippen molar-refractivity contribution in [2.24, 2.45) is 11.7 Å². The minimum absolute atomic E-state index is 0.0810. The number of carbonyl (C=O) groups is 1. The van der Waals surface area contributed by atoms with Crippen molar-refractivity contribution in [3.63, 3.8) is 0 Å². The van der Waals surface area contributed by atoms with Crippen molar-refractivity contribution in [2.75, 3.05) is 13.1 Å². The van der Waals surface area contributed by atoms with Crippen molar-refractivity contribution < 1.29 is 4.79 Å². The van der Waals surface area contributed by atoms with Crippen LogP contribution in [0.2, 0.25) is 0 Å². The number of fused-ring (bicyclic) bond motifs is 3. The molecule has 3 heterocycles. The van der Waals surface area contributed by atoms with Crippen LogP contribution >= 0.6 is 0 Å². The zero-order valence-corrected chi connectivity index (χ0v) is 6.62. The van der Waals surface area contributed by atoms with Gasteiger partial charge >= 0.3 is 0 Å². The lowest BCUT2D eigenvalue weighted by atomic mass is 9.86. The molecule has 62 valence electrons.